The topological polar surface area (TPSA) is 188 Å². The highest BCUT2D eigenvalue weighted by molar-refractivity contribution is 5.93. The summed E-state index contributed by atoms with van der Waals surface area (Å²) in [5.74, 6) is -4.60. The maximum absolute atomic E-state index is 12.7. The Labute approximate surface area is 173 Å². The van der Waals surface area contributed by atoms with Crippen LogP contribution in [-0.4, -0.2) is 64.5 Å². The van der Waals surface area contributed by atoms with Crippen molar-refractivity contribution in [2.75, 3.05) is 6.54 Å². The molecule has 164 valence electrons. The zero-order valence-corrected chi connectivity index (χ0v) is 16.5. The number of carboxylic acids is 2. The first kappa shape index (κ1) is 24.6. The smallest absolute Gasteiger partial charge is 0.326 e. The average Bonchev–Trinajstić information content (AvgIpc) is 2.70. The van der Waals surface area contributed by atoms with E-state index >= 15 is 0 Å². The molecule has 0 aliphatic heterocycles. The first-order chi connectivity index (χ1) is 14.1. The molecule has 0 saturated carbocycles. The van der Waals surface area contributed by atoms with Gasteiger partial charge in [0.25, 0.3) is 0 Å². The molecule has 3 unspecified atom stereocenters. The maximum atomic E-state index is 12.7. The maximum Gasteiger partial charge on any atom is 0.326 e. The second-order valence-electron chi connectivity index (χ2n) is 6.58. The standard InChI is InChI=1S/C19H26N4O7/c1-11(21-15(24)10-20)17(27)23-14(9-12-5-3-2-4-6-12)18(28)22-13(19(29)30)7-8-16(25)26/h2-6,11,13-14H,7-10,20H2,1H3,(H,21,24)(H,22,28)(H,23,27)(H,25,26)(H,29,30). The summed E-state index contributed by atoms with van der Waals surface area (Å²) >= 11 is 0. The van der Waals surface area contributed by atoms with E-state index in [9.17, 15) is 29.1 Å². The third kappa shape index (κ3) is 8.69. The van der Waals surface area contributed by atoms with Gasteiger partial charge in [0.05, 0.1) is 6.54 Å². The number of aliphatic carboxylic acids is 2. The summed E-state index contributed by atoms with van der Waals surface area (Å²) in [6.45, 7) is 1.10. The van der Waals surface area contributed by atoms with Gasteiger partial charge < -0.3 is 31.9 Å². The molecule has 11 heteroatoms. The predicted octanol–water partition coefficient (Wildman–Crippen LogP) is -1.39. The Bertz CT molecular complexity index is 769. The Morgan fingerprint density at radius 3 is 2.07 bits per heavy atom. The van der Waals surface area contributed by atoms with E-state index < -0.39 is 54.2 Å². The Kier molecular flexibility index (Phi) is 9.97. The molecule has 0 spiro atoms. The molecule has 0 aromatic heterocycles. The fourth-order valence-electron chi connectivity index (χ4n) is 2.52. The minimum Gasteiger partial charge on any atom is -0.481 e. The van der Waals surface area contributed by atoms with Gasteiger partial charge in [-0.2, -0.15) is 0 Å². The quantitative estimate of drug-likeness (QED) is 0.237. The normalized spacial score (nSPS) is 13.4. The summed E-state index contributed by atoms with van der Waals surface area (Å²) in [5, 5.41) is 25.1. The molecular weight excluding hydrogens is 396 g/mol. The van der Waals surface area contributed by atoms with Gasteiger partial charge in [-0.3, -0.25) is 19.2 Å². The van der Waals surface area contributed by atoms with Crippen LogP contribution in [0.2, 0.25) is 0 Å². The highest BCUT2D eigenvalue weighted by Crippen LogP contribution is 2.06. The summed E-state index contributed by atoms with van der Waals surface area (Å²) in [6, 6.07) is 5.15. The van der Waals surface area contributed by atoms with Crippen molar-refractivity contribution in [3.8, 4) is 0 Å². The molecule has 0 heterocycles. The fraction of sp³-hybridized carbons (Fsp3) is 0.421. The second kappa shape index (κ2) is 12.2. The van der Waals surface area contributed by atoms with Gasteiger partial charge in [-0.25, -0.2) is 4.79 Å². The van der Waals surface area contributed by atoms with Crippen LogP contribution >= 0.6 is 0 Å². The van der Waals surface area contributed by atoms with Gasteiger partial charge in [-0.1, -0.05) is 30.3 Å². The molecule has 3 amide bonds. The van der Waals surface area contributed by atoms with Gasteiger partial charge in [0, 0.05) is 12.8 Å². The number of carbonyl (C=O) groups is 5. The number of nitrogens with one attached hydrogen (secondary N) is 3. The van der Waals surface area contributed by atoms with E-state index in [1.165, 1.54) is 6.92 Å². The molecule has 0 aliphatic rings. The SMILES string of the molecule is CC(NC(=O)CN)C(=O)NC(Cc1ccccc1)C(=O)NC(CCC(=O)O)C(=O)O. The summed E-state index contributed by atoms with van der Waals surface area (Å²) in [4.78, 5) is 58.5. The van der Waals surface area contributed by atoms with Crippen LogP contribution < -0.4 is 21.7 Å². The van der Waals surface area contributed by atoms with Crippen LogP contribution in [-0.2, 0) is 30.4 Å². The molecule has 3 atom stereocenters. The van der Waals surface area contributed by atoms with E-state index in [2.05, 4.69) is 16.0 Å². The highest BCUT2D eigenvalue weighted by Gasteiger charge is 2.28. The number of amides is 3. The Balaban J connectivity index is 2.94. The van der Waals surface area contributed by atoms with Crippen molar-refractivity contribution in [2.24, 2.45) is 5.73 Å². The molecule has 0 fully saturated rings. The average molecular weight is 422 g/mol. The summed E-state index contributed by atoms with van der Waals surface area (Å²) < 4.78 is 0. The van der Waals surface area contributed by atoms with Gasteiger partial charge in [-0.05, 0) is 18.9 Å². The first-order valence-electron chi connectivity index (χ1n) is 9.22. The van der Waals surface area contributed by atoms with Crippen molar-refractivity contribution in [3.63, 3.8) is 0 Å². The molecule has 7 N–H and O–H groups in total. The summed E-state index contributed by atoms with van der Waals surface area (Å²) in [7, 11) is 0. The minimum atomic E-state index is -1.43. The lowest BCUT2D eigenvalue weighted by Crippen LogP contribution is -2.56. The van der Waals surface area contributed by atoms with Crippen molar-refractivity contribution >= 4 is 29.7 Å². The molecule has 30 heavy (non-hydrogen) atoms. The third-order valence-corrected chi connectivity index (χ3v) is 4.13. The molecule has 1 rings (SSSR count). The molecule has 1 aromatic carbocycles. The number of hydrogen-bond donors (Lipinski definition) is 6. The van der Waals surface area contributed by atoms with E-state index in [1.807, 2.05) is 0 Å². The largest absolute Gasteiger partial charge is 0.481 e. The number of nitrogens with two attached hydrogens (primary N) is 1. The van der Waals surface area contributed by atoms with Crippen LogP contribution in [0.15, 0.2) is 30.3 Å². The van der Waals surface area contributed by atoms with Crippen molar-refractivity contribution < 1.29 is 34.2 Å². The zero-order valence-electron chi connectivity index (χ0n) is 16.5. The molecular formula is C19H26N4O7. The van der Waals surface area contributed by atoms with E-state index in [1.54, 1.807) is 30.3 Å². The van der Waals surface area contributed by atoms with Crippen molar-refractivity contribution in [1.29, 1.82) is 0 Å². The van der Waals surface area contributed by atoms with Crippen molar-refractivity contribution in [2.45, 2.75) is 44.3 Å². The number of carbonyl (C=O) groups excluding carboxylic acids is 3. The van der Waals surface area contributed by atoms with Crippen LogP contribution in [0.25, 0.3) is 0 Å². The van der Waals surface area contributed by atoms with E-state index in [4.69, 9.17) is 10.8 Å². The van der Waals surface area contributed by atoms with Gasteiger partial charge >= 0.3 is 11.9 Å². The number of carboxylic acid groups (broad SMARTS) is 2. The Morgan fingerprint density at radius 1 is 0.933 bits per heavy atom. The number of rotatable bonds is 12. The van der Waals surface area contributed by atoms with E-state index in [0.29, 0.717) is 5.56 Å². The molecule has 0 saturated heterocycles. The minimum absolute atomic E-state index is 0.0568. The van der Waals surface area contributed by atoms with Crippen LogP contribution in [0.1, 0.15) is 25.3 Å². The van der Waals surface area contributed by atoms with Crippen molar-refractivity contribution in [1.82, 2.24) is 16.0 Å². The number of benzene rings is 1. The summed E-state index contributed by atoms with van der Waals surface area (Å²) in [5.41, 5.74) is 5.90. The van der Waals surface area contributed by atoms with Crippen LogP contribution in [0.3, 0.4) is 0 Å². The predicted molar refractivity (Wildman–Crippen MR) is 105 cm³/mol. The Morgan fingerprint density at radius 2 is 1.53 bits per heavy atom. The van der Waals surface area contributed by atoms with Crippen LogP contribution in [0, 0.1) is 0 Å². The lowest BCUT2D eigenvalue weighted by atomic mass is 10.0. The van der Waals surface area contributed by atoms with Gasteiger partial charge in [-0.15, -0.1) is 0 Å². The Hall–Kier alpha value is -3.47. The van der Waals surface area contributed by atoms with Crippen LogP contribution in [0.4, 0.5) is 0 Å². The molecule has 11 nitrogen and oxygen atoms in total. The lowest BCUT2D eigenvalue weighted by Gasteiger charge is -2.23. The third-order valence-electron chi connectivity index (χ3n) is 4.13. The lowest BCUT2D eigenvalue weighted by molar-refractivity contribution is -0.143. The fourth-order valence-corrected chi connectivity index (χ4v) is 2.52. The van der Waals surface area contributed by atoms with E-state index in [0.717, 1.165) is 0 Å². The molecule has 1 aromatic rings. The van der Waals surface area contributed by atoms with Crippen LogP contribution in [0.5, 0.6) is 0 Å². The molecule has 0 aliphatic carbocycles. The van der Waals surface area contributed by atoms with Gasteiger partial charge in [0.1, 0.15) is 18.1 Å². The highest BCUT2D eigenvalue weighted by atomic mass is 16.4. The summed E-state index contributed by atoms with van der Waals surface area (Å²) in [6.07, 6.45) is -0.707. The first-order valence-corrected chi connectivity index (χ1v) is 9.22. The van der Waals surface area contributed by atoms with Crippen molar-refractivity contribution in [3.05, 3.63) is 35.9 Å². The molecule has 0 bridgehead atoms. The van der Waals surface area contributed by atoms with E-state index in [-0.39, 0.29) is 19.4 Å². The van der Waals surface area contributed by atoms with Gasteiger partial charge in [0.2, 0.25) is 17.7 Å². The molecule has 0 radical (unpaired) electrons. The van der Waals surface area contributed by atoms with Gasteiger partial charge in [0.15, 0.2) is 0 Å². The monoisotopic (exact) mass is 422 g/mol. The second-order valence-corrected chi connectivity index (χ2v) is 6.58. The zero-order chi connectivity index (χ0) is 22.7. The number of hydrogen-bond acceptors (Lipinski definition) is 6.